The molecule has 0 amide bonds. The fourth-order valence-corrected chi connectivity index (χ4v) is 3.73. The monoisotopic (exact) mass is 381 g/mol. The molecule has 0 saturated carbocycles. The minimum Gasteiger partial charge on any atom is -0.475 e. The van der Waals surface area contributed by atoms with Crippen LogP contribution in [0.1, 0.15) is 18.7 Å². The van der Waals surface area contributed by atoms with Crippen LogP contribution in [0.3, 0.4) is 0 Å². The number of carboxylic acids is 1. The number of hydrogen-bond donors (Lipinski definition) is 1. The average Bonchev–Trinajstić information content (AvgIpc) is 3.16. The second-order valence-corrected chi connectivity index (χ2v) is 7.29. The summed E-state index contributed by atoms with van der Waals surface area (Å²) in [6, 6.07) is 10.7. The van der Waals surface area contributed by atoms with Crippen LogP contribution < -0.4 is 0 Å². The highest BCUT2D eigenvalue weighted by Crippen LogP contribution is 2.42. The van der Waals surface area contributed by atoms with E-state index in [2.05, 4.69) is 46.8 Å². The molecule has 1 aromatic heterocycles. The first-order valence-electron chi connectivity index (χ1n) is 8.79. The van der Waals surface area contributed by atoms with Crippen LogP contribution in [0, 0.1) is 5.41 Å². The molecule has 27 heavy (non-hydrogen) atoms. The maximum absolute atomic E-state index is 10.6. The lowest BCUT2D eigenvalue weighted by molar-refractivity contribution is -0.192. The Balaban J connectivity index is 0.000000260. The molecule has 1 spiro atoms. The van der Waals surface area contributed by atoms with Gasteiger partial charge in [-0.05, 0) is 44.0 Å². The molecule has 0 bridgehead atoms. The molecule has 0 unspecified atom stereocenters. The molecular weight excluding hydrogens is 359 g/mol. The quantitative estimate of drug-likeness (QED) is 0.822. The van der Waals surface area contributed by atoms with E-state index in [1.54, 1.807) is 0 Å². The SMILES string of the molecule is CN1CCC2(CC1)Cc1ncc(-c3ccccc3)n1C2.O=C(O)C(F)(F)F. The summed E-state index contributed by atoms with van der Waals surface area (Å²) < 4.78 is 34.2. The Morgan fingerprint density at radius 3 is 2.33 bits per heavy atom. The number of likely N-dealkylation sites (tertiary alicyclic amines) is 1. The number of carbonyl (C=O) groups is 1. The van der Waals surface area contributed by atoms with Crippen LogP contribution in [-0.2, 0) is 17.8 Å². The Kier molecular flexibility index (Phi) is 5.28. The van der Waals surface area contributed by atoms with Gasteiger partial charge in [0, 0.05) is 13.0 Å². The first-order valence-corrected chi connectivity index (χ1v) is 8.79. The average molecular weight is 381 g/mol. The van der Waals surface area contributed by atoms with Crippen molar-refractivity contribution in [1.82, 2.24) is 14.5 Å². The van der Waals surface area contributed by atoms with Crippen molar-refractivity contribution in [3.63, 3.8) is 0 Å². The first-order chi connectivity index (χ1) is 12.7. The molecule has 2 aliphatic rings. The zero-order chi connectivity index (χ0) is 19.7. The highest BCUT2D eigenvalue weighted by Gasteiger charge is 2.41. The number of benzene rings is 1. The number of aliphatic carboxylic acids is 1. The number of halogens is 3. The number of nitrogens with zero attached hydrogens (tertiary/aromatic N) is 3. The molecule has 2 aliphatic heterocycles. The lowest BCUT2D eigenvalue weighted by Crippen LogP contribution is -2.39. The zero-order valence-electron chi connectivity index (χ0n) is 15.0. The molecule has 0 aliphatic carbocycles. The molecule has 8 heteroatoms. The van der Waals surface area contributed by atoms with Gasteiger partial charge in [0.05, 0.1) is 11.9 Å². The van der Waals surface area contributed by atoms with Gasteiger partial charge in [-0.1, -0.05) is 30.3 Å². The highest BCUT2D eigenvalue weighted by molar-refractivity contribution is 5.73. The number of rotatable bonds is 1. The summed E-state index contributed by atoms with van der Waals surface area (Å²) in [7, 11) is 2.23. The van der Waals surface area contributed by atoms with Gasteiger partial charge in [0.15, 0.2) is 0 Å². The van der Waals surface area contributed by atoms with Crippen molar-refractivity contribution in [2.75, 3.05) is 20.1 Å². The van der Waals surface area contributed by atoms with E-state index in [0.29, 0.717) is 5.41 Å². The van der Waals surface area contributed by atoms with Crippen molar-refractivity contribution in [3.8, 4) is 11.3 Å². The molecule has 4 rings (SSSR count). The number of fused-ring (bicyclic) bond motifs is 1. The van der Waals surface area contributed by atoms with Crippen molar-refractivity contribution in [2.24, 2.45) is 5.41 Å². The number of carboxylic acid groups (broad SMARTS) is 1. The third-order valence-corrected chi connectivity index (χ3v) is 5.32. The fraction of sp³-hybridized carbons (Fsp3) is 0.474. The van der Waals surface area contributed by atoms with Crippen molar-refractivity contribution < 1.29 is 23.1 Å². The second kappa shape index (κ2) is 7.34. The molecule has 146 valence electrons. The molecule has 2 aromatic rings. The summed E-state index contributed by atoms with van der Waals surface area (Å²) in [6.07, 6.45) is 0.738. The van der Waals surface area contributed by atoms with Crippen LogP contribution >= 0.6 is 0 Å². The van der Waals surface area contributed by atoms with E-state index in [4.69, 9.17) is 14.9 Å². The Labute approximate surface area is 155 Å². The number of hydrogen-bond acceptors (Lipinski definition) is 3. The normalized spacial score (nSPS) is 18.7. The number of piperidine rings is 1. The lowest BCUT2D eigenvalue weighted by Gasteiger charge is -2.37. The summed E-state index contributed by atoms with van der Waals surface area (Å²) in [6.45, 7) is 3.61. The Hall–Kier alpha value is -2.35. The third kappa shape index (κ3) is 4.32. The number of imidazole rings is 1. The molecule has 5 nitrogen and oxygen atoms in total. The van der Waals surface area contributed by atoms with Gasteiger partial charge in [-0.3, -0.25) is 0 Å². The van der Waals surface area contributed by atoms with Crippen LogP contribution in [0.2, 0.25) is 0 Å². The predicted molar refractivity (Wildman–Crippen MR) is 94.2 cm³/mol. The van der Waals surface area contributed by atoms with Crippen molar-refractivity contribution >= 4 is 5.97 Å². The Morgan fingerprint density at radius 1 is 1.19 bits per heavy atom. The molecule has 3 heterocycles. The molecular formula is C19H22F3N3O2. The highest BCUT2D eigenvalue weighted by atomic mass is 19.4. The fourth-order valence-electron chi connectivity index (χ4n) is 3.73. The first kappa shape index (κ1) is 19.4. The molecule has 1 aromatic carbocycles. The van der Waals surface area contributed by atoms with Crippen LogP contribution in [0.4, 0.5) is 13.2 Å². The van der Waals surface area contributed by atoms with Gasteiger partial charge in [0.2, 0.25) is 0 Å². The minimum absolute atomic E-state index is 0.472. The van der Waals surface area contributed by atoms with Gasteiger partial charge in [-0.2, -0.15) is 13.2 Å². The van der Waals surface area contributed by atoms with Crippen LogP contribution in [-0.4, -0.2) is 51.8 Å². The molecule has 1 saturated heterocycles. The van der Waals surface area contributed by atoms with E-state index in [1.165, 1.54) is 43.0 Å². The van der Waals surface area contributed by atoms with Gasteiger partial charge in [-0.15, -0.1) is 0 Å². The molecule has 0 atom stereocenters. The van der Waals surface area contributed by atoms with E-state index >= 15 is 0 Å². The van der Waals surface area contributed by atoms with E-state index in [1.807, 2.05) is 6.20 Å². The van der Waals surface area contributed by atoms with Gasteiger partial charge in [0.25, 0.3) is 0 Å². The van der Waals surface area contributed by atoms with E-state index in [9.17, 15) is 13.2 Å². The van der Waals surface area contributed by atoms with Gasteiger partial charge in [0.1, 0.15) is 5.82 Å². The summed E-state index contributed by atoms with van der Waals surface area (Å²) in [5.41, 5.74) is 3.05. The Bertz CT molecular complexity index is 794. The van der Waals surface area contributed by atoms with Crippen LogP contribution in [0.15, 0.2) is 36.5 Å². The molecule has 1 N–H and O–H groups in total. The van der Waals surface area contributed by atoms with E-state index < -0.39 is 12.1 Å². The lowest BCUT2D eigenvalue weighted by atomic mass is 9.77. The standard InChI is InChI=1S/C17H21N3.C2HF3O2/c1-19-9-7-17(8-10-19)11-16-18-12-15(20(16)13-17)14-5-3-2-4-6-14;3-2(4,5)1(6)7/h2-6,12H,7-11,13H2,1H3;(H,6,7). The maximum atomic E-state index is 10.6. The Morgan fingerprint density at radius 2 is 1.78 bits per heavy atom. The van der Waals surface area contributed by atoms with Gasteiger partial charge >= 0.3 is 12.1 Å². The van der Waals surface area contributed by atoms with Crippen molar-refractivity contribution in [3.05, 3.63) is 42.4 Å². The zero-order valence-corrected chi connectivity index (χ0v) is 15.0. The van der Waals surface area contributed by atoms with Crippen LogP contribution in [0.25, 0.3) is 11.3 Å². The number of alkyl halides is 3. The van der Waals surface area contributed by atoms with E-state index in [-0.39, 0.29) is 0 Å². The van der Waals surface area contributed by atoms with Crippen LogP contribution in [0.5, 0.6) is 0 Å². The largest absolute Gasteiger partial charge is 0.490 e. The maximum Gasteiger partial charge on any atom is 0.490 e. The summed E-state index contributed by atoms with van der Waals surface area (Å²) >= 11 is 0. The summed E-state index contributed by atoms with van der Waals surface area (Å²) in [5.74, 6) is -1.47. The smallest absolute Gasteiger partial charge is 0.475 e. The van der Waals surface area contributed by atoms with Crippen molar-refractivity contribution in [1.29, 1.82) is 0 Å². The molecule has 1 fully saturated rings. The van der Waals surface area contributed by atoms with Crippen molar-refractivity contribution in [2.45, 2.75) is 32.0 Å². The number of aromatic nitrogens is 2. The van der Waals surface area contributed by atoms with Gasteiger partial charge < -0.3 is 14.6 Å². The topological polar surface area (TPSA) is 58.4 Å². The van der Waals surface area contributed by atoms with E-state index in [0.717, 1.165) is 13.0 Å². The van der Waals surface area contributed by atoms with Gasteiger partial charge in [-0.25, -0.2) is 9.78 Å². The second-order valence-electron chi connectivity index (χ2n) is 7.29. The summed E-state index contributed by atoms with van der Waals surface area (Å²) in [5, 5.41) is 7.12. The summed E-state index contributed by atoms with van der Waals surface area (Å²) in [4.78, 5) is 16.0. The molecule has 0 radical (unpaired) electrons. The minimum atomic E-state index is -5.08. The third-order valence-electron chi connectivity index (χ3n) is 5.32. The predicted octanol–water partition coefficient (Wildman–Crippen LogP) is 3.45.